The van der Waals surface area contributed by atoms with Crippen molar-refractivity contribution in [3.8, 4) is 0 Å². The molecule has 2 nitrogen and oxygen atoms in total. The Kier molecular flexibility index (Phi) is 6.98. The number of rotatable bonds is 6. The maximum atomic E-state index is 5.30. The first-order valence-corrected chi connectivity index (χ1v) is 4.00. The van der Waals surface area contributed by atoms with Gasteiger partial charge in [0.2, 0.25) is 0 Å². The summed E-state index contributed by atoms with van der Waals surface area (Å²) in [4.78, 5) is 0. The SMILES string of the molecule is CCCC(C)OCOCC. The zero-order valence-corrected chi connectivity index (χ0v) is 7.22. The van der Waals surface area contributed by atoms with E-state index < -0.39 is 0 Å². The minimum absolute atomic E-state index is 0.344. The predicted molar refractivity (Wildman–Crippen MR) is 41.9 cm³/mol. The third kappa shape index (κ3) is 6.05. The molecule has 0 aliphatic carbocycles. The summed E-state index contributed by atoms with van der Waals surface area (Å²) in [5.74, 6) is 0. The molecule has 0 aliphatic heterocycles. The highest BCUT2D eigenvalue weighted by Crippen LogP contribution is 1.99. The van der Waals surface area contributed by atoms with Crippen molar-refractivity contribution < 1.29 is 9.47 Å². The molecule has 0 heterocycles. The fraction of sp³-hybridized carbons (Fsp3) is 1.00. The summed E-state index contributed by atoms with van der Waals surface area (Å²) in [6.45, 7) is 7.37. The molecule has 0 fully saturated rings. The van der Waals surface area contributed by atoms with Crippen molar-refractivity contribution in [2.75, 3.05) is 13.4 Å². The van der Waals surface area contributed by atoms with E-state index in [0.29, 0.717) is 12.9 Å². The number of hydrogen-bond acceptors (Lipinski definition) is 2. The first kappa shape index (κ1) is 9.92. The number of ether oxygens (including phenoxy) is 2. The largest absolute Gasteiger partial charge is 0.356 e. The molecule has 0 amide bonds. The molecule has 2 heteroatoms. The smallest absolute Gasteiger partial charge is 0.147 e. The van der Waals surface area contributed by atoms with Crippen LogP contribution in [0.3, 0.4) is 0 Å². The van der Waals surface area contributed by atoms with E-state index in [1.165, 1.54) is 6.42 Å². The number of hydrogen-bond donors (Lipinski definition) is 0. The molecule has 10 heavy (non-hydrogen) atoms. The summed E-state index contributed by atoms with van der Waals surface area (Å²) < 4.78 is 10.3. The summed E-state index contributed by atoms with van der Waals surface area (Å²) in [6.07, 6.45) is 2.64. The summed E-state index contributed by atoms with van der Waals surface area (Å²) in [7, 11) is 0. The van der Waals surface area contributed by atoms with Gasteiger partial charge >= 0.3 is 0 Å². The highest BCUT2D eigenvalue weighted by Gasteiger charge is 1.97. The van der Waals surface area contributed by atoms with Gasteiger partial charge in [-0.1, -0.05) is 13.3 Å². The van der Waals surface area contributed by atoms with Crippen molar-refractivity contribution in [2.24, 2.45) is 0 Å². The lowest BCUT2D eigenvalue weighted by molar-refractivity contribution is -0.0823. The third-order valence-corrected chi connectivity index (χ3v) is 1.34. The van der Waals surface area contributed by atoms with Crippen LogP contribution in [-0.2, 0) is 9.47 Å². The first-order valence-electron chi connectivity index (χ1n) is 4.00. The molecule has 0 aromatic carbocycles. The van der Waals surface area contributed by atoms with Crippen LogP contribution in [0.4, 0.5) is 0 Å². The van der Waals surface area contributed by atoms with Gasteiger partial charge in [0.15, 0.2) is 0 Å². The van der Waals surface area contributed by atoms with E-state index in [1.807, 2.05) is 6.92 Å². The van der Waals surface area contributed by atoms with Crippen LogP contribution >= 0.6 is 0 Å². The first-order chi connectivity index (χ1) is 4.81. The van der Waals surface area contributed by atoms with Crippen LogP contribution in [0.15, 0.2) is 0 Å². The van der Waals surface area contributed by atoms with Crippen LogP contribution in [0.2, 0.25) is 0 Å². The summed E-state index contributed by atoms with van der Waals surface area (Å²) in [5.41, 5.74) is 0. The Morgan fingerprint density at radius 2 is 2.00 bits per heavy atom. The maximum Gasteiger partial charge on any atom is 0.147 e. The fourth-order valence-corrected chi connectivity index (χ4v) is 0.737. The van der Waals surface area contributed by atoms with E-state index in [1.54, 1.807) is 0 Å². The minimum atomic E-state index is 0.344. The van der Waals surface area contributed by atoms with E-state index in [4.69, 9.17) is 9.47 Å². The molecule has 0 saturated heterocycles. The zero-order valence-electron chi connectivity index (χ0n) is 7.22. The van der Waals surface area contributed by atoms with E-state index in [9.17, 15) is 0 Å². The van der Waals surface area contributed by atoms with Gasteiger partial charge in [-0.05, 0) is 20.3 Å². The zero-order chi connectivity index (χ0) is 7.82. The van der Waals surface area contributed by atoms with Gasteiger partial charge in [-0.15, -0.1) is 0 Å². The molecule has 0 aliphatic rings. The minimum Gasteiger partial charge on any atom is -0.356 e. The van der Waals surface area contributed by atoms with Gasteiger partial charge in [0.25, 0.3) is 0 Å². The Balaban J connectivity index is 2.97. The molecule has 1 unspecified atom stereocenters. The van der Waals surface area contributed by atoms with Crippen LogP contribution in [0.1, 0.15) is 33.6 Å². The topological polar surface area (TPSA) is 18.5 Å². The predicted octanol–water partition coefficient (Wildman–Crippen LogP) is 2.19. The summed E-state index contributed by atoms with van der Waals surface area (Å²) in [6, 6.07) is 0. The van der Waals surface area contributed by atoms with Gasteiger partial charge in [0, 0.05) is 6.61 Å². The lowest BCUT2D eigenvalue weighted by Crippen LogP contribution is -2.10. The molecule has 0 aromatic rings. The van der Waals surface area contributed by atoms with Crippen LogP contribution in [0.5, 0.6) is 0 Å². The Morgan fingerprint density at radius 3 is 2.50 bits per heavy atom. The van der Waals surface area contributed by atoms with E-state index in [2.05, 4.69) is 13.8 Å². The molecule has 0 aromatic heterocycles. The van der Waals surface area contributed by atoms with Crippen molar-refractivity contribution in [3.05, 3.63) is 0 Å². The highest BCUT2D eigenvalue weighted by molar-refractivity contribution is 4.45. The van der Waals surface area contributed by atoms with Crippen molar-refractivity contribution in [3.63, 3.8) is 0 Å². The van der Waals surface area contributed by atoms with Crippen molar-refractivity contribution in [1.82, 2.24) is 0 Å². The second-order valence-electron chi connectivity index (χ2n) is 2.38. The lowest BCUT2D eigenvalue weighted by atomic mass is 10.2. The fourth-order valence-electron chi connectivity index (χ4n) is 0.737. The van der Waals surface area contributed by atoms with E-state index >= 15 is 0 Å². The second-order valence-corrected chi connectivity index (χ2v) is 2.38. The van der Waals surface area contributed by atoms with Gasteiger partial charge in [-0.3, -0.25) is 0 Å². The molecule has 0 spiro atoms. The Hall–Kier alpha value is -0.0800. The summed E-state index contributed by atoms with van der Waals surface area (Å²) >= 11 is 0. The Labute approximate surface area is 63.5 Å². The van der Waals surface area contributed by atoms with Crippen molar-refractivity contribution in [2.45, 2.75) is 39.7 Å². The lowest BCUT2D eigenvalue weighted by Gasteiger charge is -2.10. The molecule has 0 radical (unpaired) electrons. The molecule has 0 N–H and O–H groups in total. The quantitative estimate of drug-likeness (QED) is 0.422. The molecule has 0 bridgehead atoms. The van der Waals surface area contributed by atoms with Crippen LogP contribution in [0.25, 0.3) is 0 Å². The highest BCUT2D eigenvalue weighted by atomic mass is 16.7. The van der Waals surface area contributed by atoms with E-state index in [0.717, 1.165) is 13.0 Å². The average Bonchev–Trinajstić information content (AvgIpc) is 1.89. The van der Waals surface area contributed by atoms with Gasteiger partial charge in [0.1, 0.15) is 6.79 Å². The molecular formula is C8H18O2. The Morgan fingerprint density at radius 1 is 1.30 bits per heavy atom. The third-order valence-electron chi connectivity index (χ3n) is 1.34. The molecule has 62 valence electrons. The van der Waals surface area contributed by atoms with Gasteiger partial charge in [-0.25, -0.2) is 0 Å². The average molecular weight is 146 g/mol. The maximum absolute atomic E-state index is 5.30. The van der Waals surface area contributed by atoms with Gasteiger partial charge < -0.3 is 9.47 Å². The van der Waals surface area contributed by atoms with Crippen LogP contribution in [0, 0.1) is 0 Å². The van der Waals surface area contributed by atoms with Crippen LogP contribution in [-0.4, -0.2) is 19.5 Å². The van der Waals surface area contributed by atoms with Crippen molar-refractivity contribution >= 4 is 0 Å². The summed E-state index contributed by atoms with van der Waals surface area (Å²) in [5, 5.41) is 0. The molecular weight excluding hydrogens is 128 g/mol. The monoisotopic (exact) mass is 146 g/mol. The van der Waals surface area contributed by atoms with Crippen molar-refractivity contribution in [1.29, 1.82) is 0 Å². The molecule has 0 saturated carbocycles. The normalized spacial score (nSPS) is 13.5. The van der Waals surface area contributed by atoms with Gasteiger partial charge in [0.05, 0.1) is 6.10 Å². The standard InChI is InChI=1S/C8H18O2/c1-4-6-8(3)10-7-9-5-2/h8H,4-7H2,1-3H3. The van der Waals surface area contributed by atoms with Crippen LogP contribution < -0.4 is 0 Å². The molecule has 1 atom stereocenters. The molecule has 0 rings (SSSR count). The van der Waals surface area contributed by atoms with Gasteiger partial charge in [-0.2, -0.15) is 0 Å². The van der Waals surface area contributed by atoms with E-state index in [-0.39, 0.29) is 0 Å². The second kappa shape index (κ2) is 7.03. The Bertz CT molecular complexity index is 64.3.